The number of nitrogens with one attached hydrogen (secondary N) is 1. The summed E-state index contributed by atoms with van der Waals surface area (Å²) in [6, 6.07) is 6.80. The number of hydrogen-bond acceptors (Lipinski definition) is 3. The highest BCUT2D eigenvalue weighted by atomic mass is 15.2. The molecule has 0 spiro atoms. The third-order valence-electron chi connectivity index (χ3n) is 3.14. The van der Waals surface area contributed by atoms with Gasteiger partial charge in [0.25, 0.3) is 0 Å². The lowest BCUT2D eigenvalue weighted by Crippen LogP contribution is -2.30. The van der Waals surface area contributed by atoms with Gasteiger partial charge in [0.05, 0.1) is 5.69 Å². The average molecular weight is 245 g/mol. The molecule has 2 rings (SSSR count). The summed E-state index contributed by atoms with van der Waals surface area (Å²) in [4.78, 5) is 7.09. The first kappa shape index (κ1) is 13.1. The van der Waals surface area contributed by atoms with Crippen molar-refractivity contribution in [1.29, 1.82) is 0 Å². The molecule has 3 heteroatoms. The second-order valence-corrected chi connectivity index (χ2v) is 5.28. The fourth-order valence-electron chi connectivity index (χ4n) is 2.16. The van der Waals surface area contributed by atoms with Crippen LogP contribution in [0.3, 0.4) is 0 Å². The average Bonchev–Trinajstić information content (AvgIpc) is 2.37. The first-order valence-electron chi connectivity index (χ1n) is 6.75. The third-order valence-corrected chi connectivity index (χ3v) is 3.14. The molecule has 1 aromatic rings. The van der Waals surface area contributed by atoms with Gasteiger partial charge in [-0.3, -0.25) is 0 Å². The molecule has 0 saturated heterocycles. The maximum atomic E-state index is 4.74. The van der Waals surface area contributed by atoms with Crippen molar-refractivity contribution in [3.8, 4) is 0 Å². The first-order chi connectivity index (χ1) is 8.65. The number of nitrogens with zero attached hydrogens (tertiary/aromatic N) is 2. The van der Waals surface area contributed by atoms with Gasteiger partial charge in [-0.1, -0.05) is 31.6 Å². The summed E-state index contributed by atoms with van der Waals surface area (Å²) in [5.41, 5.74) is 2.56. The van der Waals surface area contributed by atoms with Crippen molar-refractivity contribution in [2.24, 2.45) is 0 Å². The van der Waals surface area contributed by atoms with Gasteiger partial charge in [0.15, 0.2) is 0 Å². The van der Waals surface area contributed by atoms with Gasteiger partial charge >= 0.3 is 0 Å². The van der Waals surface area contributed by atoms with Crippen molar-refractivity contribution in [2.75, 3.05) is 18.0 Å². The zero-order chi connectivity index (χ0) is 13.0. The van der Waals surface area contributed by atoms with Gasteiger partial charge in [-0.15, -0.1) is 0 Å². The van der Waals surface area contributed by atoms with E-state index in [-0.39, 0.29) is 0 Å². The molecule has 1 aliphatic rings. The van der Waals surface area contributed by atoms with Crippen LogP contribution in [0.15, 0.2) is 29.8 Å². The highest BCUT2D eigenvalue weighted by Gasteiger charge is 2.12. The van der Waals surface area contributed by atoms with E-state index in [2.05, 4.69) is 55.3 Å². The summed E-state index contributed by atoms with van der Waals surface area (Å²) in [5.74, 6) is 1.10. The predicted molar refractivity (Wildman–Crippen MR) is 76.8 cm³/mol. The van der Waals surface area contributed by atoms with Gasteiger partial charge in [-0.2, -0.15) is 0 Å². The molecular formula is C15H23N3. The molecule has 0 aliphatic carbocycles. The fourth-order valence-corrected chi connectivity index (χ4v) is 2.16. The molecule has 1 aromatic heterocycles. The summed E-state index contributed by atoms with van der Waals surface area (Å²) < 4.78 is 0. The Bertz CT molecular complexity index is 424. The maximum Gasteiger partial charge on any atom is 0.129 e. The molecule has 0 unspecified atom stereocenters. The van der Waals surface area contributed by atoms with Gasteiger partial charge in [0.1, 0.15) is 5.82 Å². The Morgan fingerprint density at radius 2 is 2.22 bits per heavy atom. The monoisotopic (exact) mass is 245 g/mol. The Labute approximate surface area is 110 Å². The molecule has 1 N–H and O–H groups in total. The third kappa shape index (κ3) is 3.57. The lowest BCUT2D eigenvalue weighted by atomic mass is 10.1. The second-order valence-electron chi connectivity index (χ2n) is 5.28. The summed E-state index contributed by atoms with van der Waals surface area (Å²) in [6.45, 7) is 9.43. The number of anilines is 1. The van der Waals surface area contributed by atoms with Crippen molar-refractivity contribution >= 4 is 5.82 Å². The van der Waals surface area contributed by atoms with Crippen LogP contribution in [0.25, 0.3) is 0 Å². The minimum absolute atomic E-state index is 0.496. The van der Waals surface area contributed by atoms with Crippen LogP contribution < -0.4 is 10.2 Å². The quantitative estimate of drug-likeness (QED) is 0.827. The highest BCUT2D eigenvalue weighted by Crippen LogP contribution is 2.17. The standard InChI is InChI=1S/C15H23N3/c1-12(2)16-10-14-7-4-8-15(17-14)18-9-5-6-13(3)11-18/h4,6-8,12,16H,5,9-11H2,1-3H3. The van der Waals surface area contributed by atoms with Crippen LogP contribution in [0.5, 0.6) is 0 Å². The molecule has 18 heavy (non-hydrogen) atoms. The summed E-state index contributed by atoms with van der Waals surface area (Å²) in [5, 5.41) is 3.41. The Morgan fingerprint density at radius 1 is 1.39 bits per heavy atom. The number of pyridine rings is 1. The van der Waals surface area contributed by atoms with Crippen molar-refractivity contribution in [2.45, 2.75) is 39.8 Å². The summed E-state index contributed by atoms with van der Waals surface area (Å²) in [7, 11) is 0. The second kappa shape index (κ2) is 6.01. The Kier molecular flexibility index (Phi) is 4.37. The van der Waals surface area contributed by atoms with Crippen molar-refractivity contribution in [3.05, 3.63) is 35.5 Å². The van der Waals surface area contributed by atoms with Crippen LogP contribution in [0.4, 0.5) is 5.82 Å². The zero-order valence-corrected chi connectivity index (χ0v) is 11.6. The van der Waals surface area contributed by atoms with Crippen LogP contribution in [0.2, 0.25) is 0 Å². The minimum Gasteiger partial charge on any atom is -0.352 e. The number of aromatic nitrogens is 1. The van der Waals surface area contributed by atoms with Gasteiger partial charge < -0.3 is 10.2 Å². The van der Waals surface area contributed by atoms with E-state index in [0.29, 0.717) is 6.04 Å². The van der Waals surface area contributed by atoms with Crippen molar-refractivity contribution in [1.82, 2.24) is 10.3 Å². The molecule has 3 nitrogen and oxygen atoms in total. The molecule has 0 fully saturated rings. The van der Waals surface area contributed by atoms with E-state index in [4.69, 9.17) is 4.98 Å². The van der Waals surface area contributed by atoms with E-state index in [1.165, 1.54) is 5.57 Å². The SMILES string of the molecule is CC1=CCCN(c2cccc(CNC(C)C)n2)C1. The summed E-state index contributed by atoms with van der Waals surface area (Å²) >= 11 is 0. The molecule has 0 radical (unpaired) electrons. The molecule has 1 aliphatic heterocycles. The van der Waals surface area contributed by atoms with Crippen LogP contribution in [0.1, 0.15) is 32.9 Å². The topological polar surface area (TPSA) is 28.2 Å². The van der Waals surface area contributed by atoms with Crippen LogP contribution in [-0.2, 0) is 6.54 Å². The van der Waals surface area contributed by atoms with Gasteiger partial charge in [0, 0.05) is 25.7 Å². The lowest BCUT2D eigenvalue weighted by Gasteiger charge is -2.27. The van der Waals surface area contributed by atoms with Gasteiger partial charge in [-0.05, 0) is 25.5 Å². The Hall–Kier alpha value is -1.35. The fraction of sp³-hybridized carbons (Fsp3) is 0.533. The minimum atomic E-state index is 0.496. The van der Waals surface area contributed by atoms with E-state index in [0.717, 1.165) is 37.6 Å². The molecular weight excluding hydrogens is 222 g/mol. The van der Waals surface area contributed by atoms with E-state index in [9.17, 15) is 0 Å². The number of rotatable bonds is 4. The van der Waals surface area contributed by atoms with Crippen molar-refractivity contribution < 1.29 is 0 Å². The van der Waals surface area contributed by atoms with E-state index < -0.39 is 0 Å². The van der Waals surface area contributed by atoms with Crippen molar-refractivity contribution in [3.63, 3.8) is 0 Å². The first-order valence-corrected chi connectivity index (χ1v) is 6.75. The van der Waals surface area contributed by atoms with Gasteiger partial charge in [0.2, 0.25) is 0 Å². The smallest absolute Gasteiger partial charge is 0.129 e. The molecule has 0 amide bonds. The zero-order valence-electron chi connectivity index (χ0n) is 11.6. The Balaban J connectivity index is 2.05. The predicted octanol–water partition coefficient (Wildman–Crippen LogP) is 2.74. The maximum absolute atomic E-state index is 4.74. The molecule has 2 heterocycles. The Morgan fingerprint density at radius 3 is 2.94 bits per heavy atom. The highest BCUT2D eigenvalue weighted by molar-refractivity contribution is 5.42. The molecule has 0 aromatic carbocycles. The molecule has 0 atom stereocenters. The van der Waals surface area contributed by atoms with Crippen LogP contribution >= 0.6 is 0 Å². The lowest BCUT2D eigenvalue weighted by molar-refractivity contribution is 0.581. The van der Waals surface area contributed by atoms with E-state index in [1.807, 2.05) is 0 Å². The normalized spacial score (nSPS) is 16.0. The molecule has 98 valence electrons. The van der Waals surface area contributed by atoms with E-state index >= 15 is 0 Å². The summed E-state index contributed by atoms with van der Waals surface area (Å²) in [6.07, 6.45) is 3.45. The molecule has 0 saturated carbocycles. The van der Waals surface area contributed by atoms with Crippen LogP contribution in [0, 0.1) is 0 Å². The van der Waals surface area contributed by atoms with E-state index in [1.54, 1.807) is 0 Å². The molecule has 0 bridgehead atoms. The number of hydrogen-bond donors (Lipinski definition) is 1. The largest absolute Gasteiger partial charge is 0.352 e. The van der Waals surface area contributed by atoms with Gasteiger partial charge in [-0.25, -0.2) is 4.98 Å². The van der Waals surface area contributed by atoms with Crippen LogP contribution in [-0.4, -0.2) is 24.1 Å².